The summed E-state index contributed by atoms with van der Waals surface area (Å²) in [5.41, 5.74) is 1.11. The molecular formula is C10H15BrN2O. The third-order valence-corrected chi connectivity index (χ3v) is 2.64. The van der Waals surface area contributed by atoms with Crippen molar-refractivity contribution in [3.63, 3.8) is 0 Å². The smallest absolute Gasteiger partial charge is 0.140 e. The number of aryl methyl sites for hydroxylation is 1. The molecule has 4 heteroatoms. The molecule has 1 rings (SSSR count). The highest BCUT2D eigenvalue weighted by molar-refractivity contribution is 9.10. The van der Waals surface area contributed by atoms with Crippen molar-refractivity contribution in [1.82, 2.24) is 4.98 Å². The first-order valence-electron chi connectivity index (χ1n) is 4.67. The van der Waals surface area contributed by atoms with Gasteiger partial charge in [-0.1, -0.05) is 6.92 Å². The van der Waals surface area contributed by atoms with E-state index in [1.165, 1.54) is 0 Å². The molecule has 0 aliphatic carbocycles. The topological polar surface area (TPSA) is 45.1 Å². The van der Waals surface area contributed by atoms with E-state index in [1.54, 1.807) is 6.20 Å². The Kier molecular flexibility index (Phi) is 4.35. The van der Waals surface area contributed by atoms with Gasteiger partial charge in [-0.3, -0.25) is 0 Å². The molecule has 0 saturated carbocycles. The number of aliphatic hydroxyl groups excluding tert-OH is 1. The van der Waals surface area contributed by atoms with Crippen LogP contribution in [-0.4, -0.2) is 22.7 Å². The summed E-state index contributed by atoms with van der Waals surface area (Å²) in [6.07, 6.45) is 2.68. The van der Waals surface area contributed by atoms with Crippen LogP contribution in [0.15, 0.2) is 16.7 Å². The van der Waals surface area contributed by atoms with E-state index in [0.717, 1.165) is 22.3 Å². The molecule has 2 N–H and O–H groups in total. The van der Waals surface area contributed by atoms with Crippen molar-refractivity contribution in [1.29, 1.82) is 0 Å². The first kappa shape index (κ1) is 11.5. The van der Waals surface area contributed by atoms with Crippen LogP contribution < -0.4 is 5.32 Å². The van der Waals surface area contributed by atoms with Crippen LogP contribution in [0, 0.1) is 6.92 Å². The van der Waals surface area contributed by atoms with Crippen molar-refractivity contribution in [2.45, 2.75) is 26.3 Å². The second-order valence-corrected chi connectivity index (χ2v) is 4.13. The number of aliphatic hydroxyl groups is 1. The number of nitrogens with one attached hydrogen (secondary N) is 1. The largest absolute Gasteiger partial charge is 0.394 e. The number of anilines is 1. The lowest BCUT2D eigenvalue weighted by atomic mass is 10.2. The Bertz CT molecular complexity index is 300. The molecule has 0 saturated heterocycles. The Morgan fingerprint density at radius 3 is 2.86 bits per heavy atom. The third kappa shape index (κ3) is 2.96. The number of aromatic nitrogens is 1. The summed E-state index contributed by atoms with van der Waals surface area (Å²) >= 11 is 3.43. The van der Waals surface area contributed by atoms with Crippen LogP contribution in [0.25, 0.3) is 0 Å². The number of hydrogen-bond acceptors (Lipinski definition) is 3. The number of nitrogens with zero attached hydrogens (tertiary/aromatic N) is 1. The van der Waals surface area contributed by atoms with Crippen LogP contribution in [0.2, 0.25) is 0 Å². The minimum atomic E-state index is 0.0708. The molecule has 1 heterocycles. The van der Waals surface area contributed by atoms with Crippen molar-refractivity contribution in [2.75, 3.05) is 11.9 Å². The molecule has 0 spiro atoms. The molecule has 0 amide bonds. The molecule has 0 aliphatic heterocycles. The summed E-state index contributed by atoms with van der Waals surface area (Å²) < 4.78 is 0.935. The Morgan fingerprint density at radius 2 is 2.36 bits per heavy atom. The van der Waals surface area contributed by atoms with Crippen LogP contribution >= 0.6 is 15.9 Å². The number of pyridine rings is 1. The maximum absolute atomic E-state index is 9.03. The van der Waals surface area contributed by atoms with Gasteiger partial charge >= 0.3 is 0 Å². The molecule has 3 nitrogen and oxygen atoms in total. The van der Waals surface area contributed by atoms with E-state index < -0.39 is 0 Å². The molecule has 0 radical (unpaired) electrons. The second-order valence-electron chi connectivity index (χ2n) is 3.28. The Hall–Kier alpha value is -0.610. The van der Waals surface area contributed by atoms with Crippen LogP contribution in [0.3, 0.4) is 0 Å². The van der Waals surface area contributed by atoms with Gasteiger partial charge in [0.15, 0.2) is 0 Å². The number of rotatable bonds is 4. The average molecular weight is 259 g/mol. The van der Waals surface area contributed by atoms with E-state index in [2.05, 4.69) is 26.2 Å². The van der Waals surface area contributed by atoms with E-state index in [4.69, 9.17) is 5.11 Å². The van der Waals surface area contributed by atoms with E-state index in [-0.39, 0.29) is 12.6 Å². The zero-order chi connectivity index (χ0) is 10.6. The van der Waals surface area contributed by atoms with Crippen LogP contribution in [-0.2, 0) is 0 Å². The van der Waals surface area contributed by atoms with Crippen molar-refractivity contribution in [3.8, 4) is 0 Å². The summed E-state index contributed by atoms with van der Waals surface area (Å²) in [7, 11) is 0. The fourth-order valence-electron chi connectivity index (χ4n) is 1.11. The van der Waals surface area contributed by atoms with E-state index in [9.17, 15) is 0 Å². The summed E-state index contributed by atoms with van der Waals surface area (Å²) in [5.74, 6) is 0.788. The van der Waals surface area contributed by atoms with Crippen molar-refractivity contribution in [2.24, 2.45) is 0 Å². The number of hydrogen-bond donors (Lipinski definition) is 2. The molecule has 14 heavy (non-hydrogen) atoms. The highest BCUT2D eigenvalue weighted by atomic mass is 79.9. The van der Waals surface area contributed by atoms with E-state index in [0.29, 0.717) is 0 Å². The lowest BCUT2D eigenvalue weighted by molar-refractivity contribution is 0.271. The maximum Gasteiger partial charge on any atom is 0.140 e. The van der Waals surface area contributed by atoms with Crippen LogP contribution in [0.5, 0.6) is 0 Å². The molecule has 0 aromatic carbocycles. The lowest BCUT2D eigenvalue weighted by Crippen LogP contribution is -2.23. The molecule has 1 atom stereocenters. The minimum Gasteiger partial charge on any atom is -0.394 e. The summed E-state index contributed by atoms with van der Waals surface area (Å²) in [5, 5.41) is 12.2. The van der Waals surface area contributed by atoms with Gasteiger partial charge in [0.25, 0.3) is 0 Å². The highest BCUT2D eigenvalue weighted by Gasteiger charge is 2.07. The zero-order valence-electron chi connectivity index (χ0n) is 8.42. The predicted molar refractivity (Wildman–Crippen MR) is 61.5 cm³/mol. The van der Waals surface area contributed by atoms with Gasteiger partial charge in [-0.15, -0.1) is 0 Å². The molecule has 1 aromatic heterocycles. The van der Waals surface area contributed by atoms with Gasteiger partial charge in [0.1, 0.15) is 5.82 Å². The first-order valence-corrected chi connectivity index (χ1v) is 5.46. The molecule has 1 unspecified atom stereocenters. The SMILES string of the molecule is CCC(CO)Nc1ncc(C)cc1Br. The van der Waals surface area contributed by atoms with Gasteiger partial charge in [-0.25, -0.2) is 4.98 Å². The standard InChI is InChI=1S/C10H15BrN2O/c1-3-8(6-14)13-10-9(11)4-7(2)5-12-10/h4-5,8,14H,3,6H2,1-2H3,(H,12,13). The Balaban J connectivity index is 2.76. The van der Waals surface area contributed by atoms with Crippen LogP contribution in [0.4, 0.5) is 5.82 Å². The summed E-state index contributed by atoms with van der Waals surface area (Å²) in [4.78, 5) is 4.24. The first-order chi connectivity index (χ1) is 6.67. The summed E-state index contributed by atoms with van der Waals surface area (Å²) in [6.45, 7) is 4.14. The Morgan fingerprint density at radius 1 is 1.64 bits per heavy atom. The molecule has 78 valence electrons. The third-order valence-electron chi connectivity index (χ3n) is 2.03. The fraction of sp³-hybridized carbons (Fsp3) is 0.500. The molecule has 1 aromatic rings. The molecule has 0 aliphatic rings. The van der Waals surface area contributed by atoms with Crippen molar-refractivity contribution >= 4 is 21.7 Å². The highest BCUT2D eigenvalue weighted by Crippen LogP contribution is 2.21. The predicted octanol–water partition coefficient (Wildman–Crippen LogP) is 2.34. The monoisotopic (exact) mass is 258 g/mol. The van der Waals surface area contributed by atoms with Crippen LogP contribution in [0.1, 0.15) is 18.9 Å². The van der Waals surface area contributed by atoms with E-state index in [1.807, 2.05) is 19.9 Å². The van der Waals surface area contributed by atoms with E-state index >= 15 is 0 Å². The van der Waals surface area contributed by atoms with Crippen molar-refractivity contribution in [3.05, 3.63) is 22.3 Å². The average Bonchev–Trinajstić information content (AvgIpc) is 2.17. The van der Waals surface area contributed by atoms with Gasteiger partial charge in [0.05, 0.1) is 17.1 Å². The minimum absolute atomic E-state index is 0.0708. The maximum atomic E-state index is 9.03. The fourth-order valence-corrected chi connectivity index (χ4v) is 1.69. The molecule has 0 bridgehead atoms. The van der Waals surface area contributed by atoms with Gasteiger partial charge in [-0.05, 0) is 40.9 Å². The van der Waals surface area contributed by atoms with Gasteiger partial charge < -0.3 is 10.4 Å². The van der Waals surface area contributed by atoms with Crippen molar-refractivity contribution < 1.29 is 5.11 Å². The van der Waals surface area contributed by atoms with Gasteiger partial charge in [0.2, 0.25) is 0 Å². The van der Waals surface area contributed by atoms with Gasteiger partial charge in [-0.2, -0.15) is 0 Å². The molecule has 0 fully saturated rings. The molecular weight excluding hydrogens is 244 g/mol. The van der Waals surface area contributed by atoms with Gasteiger partial charge in [0, 0.05) is 6.20 Å². The quantitative estimate of drug-likeness (QED) is 0.872. The lowest BCUT2D eigenvalue weighted by Gasteiger charge is -2.15. The Labute approximate surface area is 92.7 Å². The normalized spacial score (nSPS) is 12.6. The summed E-state index contributed by atoms with van der Waals surface area (Å²) in [6, 6.07) is 2.07. The zero-order valence-corrected chi connectivity index (χ0v) is 10.0. The second kappa shape index (κ2) is 5.32. The number of halogens is 1.